The first kappa shape index (κ1) is 17.8. The number of carbonyl (C=O) groups excluding carboxylic acids is 1. The molecule has 1 aliphatic carbocycles. The third kappa shape index (κ3) is 6.38. The fourth-order valence-corrected chi connectivity index (χ4v) is 3.33. The Hall–Kier alpha value is -1.22. The average Bonchev–Trinajstić information content (AvgIpc) is 2.37. The standard InChI is InChI=1S/C12H22N2O6S/c1-3-20-12(15)11(13-21(2,18)19)8-9-4-6-10(7-5-9)14(16)17/h9-11,13H,3-8H2,1-2H3. The molecule has 0 spiro atoms. The van der Waals surface area contributed by atoms with Crippen LogP contribution < -0.4 is 4.72 Å². The van der Waals surface area contributed by atoms with Crippen LogP contribution in [0, 0.1) is 16.0 Å². The molecule has 1 atom stereocenters. The minimum Gasteiger partial charge on any atom is -0.465 e. The molecule has 1 unspecified atom stereocenters. The lowest BCUT2D eigenvalue weighted by Gasteiger charge is -2.26. The van der Waals surface area contributed by atoms with Crippen molar-refractivity contribution in [2.75, 3.05) is 12.9 Å². The predicted octanol–water partition coefficient (Wildman–Crippen LogP) is 0.693. The predicted molar refractivity (Wildman–Crippen MR) is 75.8 cm³/mol. The molecule has 1 fully saturated rings. The zero-order valence-electron chi connectivity index (χ0n) is 12.3. The first-order valence-electron chi connectivity index (χ1n) is 7.00. The first-order chi connectivity index (χ1) is 9.73. The second-order valence-electron chi connectivity index (χ2n) is 5.39. The van der Waals surface area contributed by atoms with Crippen molar-refractivity contribution in [2.45, 2.75) is 51.1 Å². The molecule has 0 aromatic carbocycles. The number of nitro groups is 1. The molecule has 0 bridgehead atoms. The maximum Gasteiger partial charge on any atom is 0.324 e. The van der Waals surface area contributed by atoms with Gasteiger partial charge in [-0.25, -0.2) is 13.1 Å². The van der Waals surface area contributed by atoms with Crippen LogP contribution in [0.1, 0.15) is 39.0 Å². The van der Waals surface area contributed by atoms with E-state index in [1.165, 1.54) is 0 Å². The Morgan fingerprint density at radius 1 is 1.38 bits per heavy atom. The first-order valence-corrected chi connectivity index (χ1v) is 8.89. The molecule has 0 amide bonds. The molecular formula is C12H22N2O6S. The van der Waals surface area contributed by atoms with Crippen molar-refractivity contribution in [3.8, 4) is 0 Å². The Kier molecular flexibility index (Phi) is 6.53. The zero-order valence-corrected chi connectivity index (χ0v) is 13.1. The Labute approximate surface area is 124 Å². The molecule has 1 saturated carbocycles. The van der Waals surface area contributed by atoms with Crippen molar-refractivity contribution in [1.82, 2.24) is 4.72 Å². The summed E-state index contributed by atoms with van der Waals surface area (Å²) in [7, 11) is -3.52. The van der Waals surface area contributed by atoms with E-state index in [-0.39, 0.29) is 17.4 Å². The molecule has 9 heteroatoms. The van der Waals surface area contributed by atoms with Crippen molar-refractivity contribution in [3.05, 3.63) is 10.1 Å². The second kappa shape index (κ2) is 7.69. The van der Waals surface area contributed by atoms with Crippen molar-refractivity contribution >= 4 is 16.0 Å². The molecule has 8 nitrogen and oxygen atoms in total. The van der Waals surface area contributed by atoms with Crippen LogP contribution in [0.15, 0.2) is 0 Å². The average molecular weight is 322 g/mol. The van der Waals surface area contributed by atoms with E-state index in [9.17, 15) is 23.3 Å². The van der Waals surface area contributed by atoms with Crippen LogP contribution in [0.4, 0.5) is 0 Å². The van der Waals surface area contributed by atoms with Crippen LogP contribution >= 0.6 is 0 Å². The number of ether oxygens (including phenoxy) is 1. The summed E-state index contributed by atoms with van der Waals surface area (Å²) in [4.78, 5) is 22.2. The third-order valence-corrected chi connectivity index (χ3v) is 4.32. The lowest BCUT2D eigenvalue weighted by molar-refractivity contribution is -0.527. The number of carbonyl (C=O) groups is 1. The van der Waals surface area contributed by atoms with E-state index < -0.39 is 28.1 Å². The molecule has 1 rings (SSSR count). The number of nitrogens with zero attached hydrogens (tertiary/aromatic N) is 1. The molecule has 0 aromatic rings. The molecule has 0 saturated heterocycles. The number of nitrogens with one attached hydrogen (secondary N) is 1. The largest absolute Gasteiger partial charge is 0.465 e. The van der Waals surface area contributed by atoms with E-state index in [2.05, 4.69) is 4.72 Å². The molecule has 0 aliphatic heterocycles. The van der Waals surface area contributed by atoms with Crippen LogP contribution in [0.3, 0.4) is 0 Å². The second-order valence-corrected chi connectivity index (χ2v) is 7.17. The number of rotatable bonds is 7. The van der Waals surface area contributed by atoms with Gasteiger partial charge >= 0.3 is 5.97 Å². The van der Waals surface area contributed by atoms with Crippen LogP contribution in [-0.4, -0.2) is 44.3 Å². The van der Waals surface area contributed by atoms with Crippen LogP contribution in [0.5, 0.6) is 0 Å². The monoisotopic (exact) mass is 322 g/mol. The summed E-state index contributed by atoms with van der Waals surface area (Å²) in [6.07, 6.45) is 3.47. The molecule has 1 N–H and O–H groups in total. The highest BCUT2D eigenvalue weighted by Crippen LogP contribution is 2.29. The summed E-state index contributed by atoms with van der Waals surface area (Å²) in [6.45, 7) is 1.83. The fourth-order valence-electron chi connectivity index (χ4n) is 2.62. The van der Waals surface area contributed by atoms with Gasteiger partial charge in [-0.3, -0.25) is 14.9 Å². The van der Waals surface area contributed by atoms with Gasteiger partial charge in [-0.05, 0) is 32.1 Å². The lowest BCUT2D eigenvalue weighted by Crippen LogP contribution is -2.43. The van der Waals surface area contributed by atoms with Gasteiger partial charge in [0.2, 0.25) is 16.1 Å². The smallest absolute Gasteiger partial charge is 0.324 e. The van der Waals surface area contributed by atoms with Gasteiger partial charge in [0.15, 0.2) is 0 Å². The van der Waals surface area contributed by atoms with E-state index in [1.807, 2.05) is 0 Å². The molecule has 0 heterocycles. The van der Waals surface area contributed by atoms with Crippen molar-refractivity contribution in [2.24, 2.45) is 5.92 Å². The maximum absolute atomic E-state index is 11.8. The lowest BCUT2D eigenvalue weighted by atomic mass is 9.82. The maximum atomic E-state index is 11.8. The SMILES string of the molecule is CCOC(=O)C(CC1CCC([N+](=O)[O-])CC1)NS(C)(=O)=O. The minimum atomic E-state index is -3.52. The molecule has 122 valence electrons. The van der Waals surface area contributed by atoms with Gasteiger partial charge < -0.3 is 4.74 Å². The molecular weight excluding hydrogens is 300 g/mol. The molecule has 21 heavy (non-hydrogen) atoms. The van der Waals surface area contributed by atoms with Gasteiger partial charge in [0.1, 0.15) is 6.04 Å². The summed E-state index contributed by atoms with van der Waals surface area (Å²) in [5, 5.41) is 10.7. The van der Waals surface area contributed by atoms with Crippen molar-refractivity contribution in [3.63, 3.8) is 0 Å². The third-order valence-electron chi connectivity index (χ3n) is 3.61. The highest BCUT2D eigenvalue weighted by atomic mass is 32.2. The van der Waals surface area contributed by atoms with Crippen molar-refractivity contribution < 1.29 is 22.9 Å². The normalized spacial score (nSPS) is 24.3. The summed E-state index contributed by atoms with van der Waals surface area (Å²) >= 11 is 0. The summed E-state index contributed by atoms with van der Waals surface area (Å²) < 4.78 is 29.8. The van der Waals surface area contributed by atoms with Crippen LogP contribution in [0.2, 0.25) is 0 Å². The zero-order chi connectivity index (χ0) is 16.0. The van der Waals surface area contributed by atoms with E-state index in [0.717, 1.165) is 6.26 Å². The van der Waals surface area contributed by atoms with E-state index >= 15 is 0 Å². The molecule has 0 radical (unpaired) electrons. The number of esters is 1. The molecule has 0 aromatic heterocycles. The minimum absolute atomic E-state index is 0.0878. The summed E-state index contributed by atoms with van der Waals surface area (Å²) in [5.41, 5.74) is 0. The van der Waals surface area contributed by atoms with Crippen LogP contribution in [-0.2, 0) is 19.6 Å². The topological polar surface area (TPSA) is 116 Å². The fraction of sp³-hybridized carbons (Fsp3) is 0.917. The van der Waals surface area contributed by atoms with E-state index in [1.54, 1.807) is 6.92 Å². The Morgan fingerprint density at radius 2 is 1.95 bits per heavy atom. The van der Waals surface area contributed by atoms with Gasteiger partial charge in [0, 0.05) is 17.8 Å². The van der Waals surface area contributed by atoms with Gasteiger partial charge in [-0.1, -0.05) is 0 Å². The Bertz CT molecular complexity index is 470. The van der Waals surface area contributed by atoms with Gasteiger partial charge in [0.25, 0.3) is 0 Å². The van der Waals surface area contributed by atoms with Gasteiger partial charge in [-0.2, -0.15) is 0 Å². The van der Waals surface area contributed by atoms with Gasteiger partial charge in [0.05, 0.1) is 12.9 Å². The van der Waals surface area contributed by atoms with E-state index in [4.69, 9.17) is 4.74 Å². The number of hydrogen-bond acceptors (Lipinski definition) is 6. The van der Waals surface area contributed by atoms with Crippen molar-refractivity contribution in [1.29, 1.82) is 0 Å². The Morgan fingerprint density at radius 3 is 2.38 bits per heavy atom. The summed E-state index contributed by atoms with van der Waals surface area (Å²) in [6, 6.07) is -1.44. The van der Waals surface area contributed by atoms with Gasteiger partial charge in [-0.15, -0.1) is 0 Å². The summed E-state index contributed by atoms with van der Waals surface area (Å²) in [5.74, 6) is -0.510. The highest BCUT2D eigenvalue weighted by Gasteiger charge is 2.32. The quantitative estimate of drug-likeness (QED) is 0.419. The highest BCUT2D eigenvalue weighted by molar-refractivity contribution is 7.88. The number of sulfonamides is 1. The molecule has 1 aliphatic rings. The Balaban J connectivity index is 2.61. The van der Waals surface area contributed by atoms with Crippen LogP contribution in [0.25, 0.3) is 0 Å². The van der Waals surface area contributed by atoms with E-state index in [0.29, 0.717) is 32.1 Å². The number of hydrogen-bond donors (Lipinski definition) is 1.